The van der Waals surface area contributed by atoms with Crippen molar-refractivity contribution in [2.45, 2.75) is 64.5 Å². The number of pyridine rings is 1. The first-order chi connectivity index (χ1) is 9.91. The highest BCUT2D eigenvalue weighted by Crippen LogP contribution is 2.31. The summed E-state index contributed by atoms with van der Waals surface area (Å²) in [5.41, 5.74) is 2.68. The molecule has 2 aliphatic carbocycles. The second-order valence-corrected chi connectivity index (χ2v) is 7.95. The summed E-state index contributed by atoms with van der Waals surface area (Å²) in [6.07, 6.45) is 5.45. The molecule has 2 fully saturated rings. The van der Waals surface area contributed by atoms with Gasteiger partial charge < -0.3 is 10.2 Å². The molecule has 0 bridgehead atoms. The summed E-state index contributed by atoms with van der Waals surface area (Å²) >= 11 is 0. The Labute approximate surface area is 129 Å². The third kappa shape index (κ3) is 4.19. The van der Waals surface area contributed by atoms with Crippen LogP contribution >= 0.6 is 0 Å². The largest absolute Gasteiger partial charge is 0.359 e. The lowest BCUT2D eigenvalue weighted by Gasteiger charge is -2.24. The molecule has 3 rings (SSSR count). The van der Waals surface area contributed by atoms with Gasteiger partial charge in [-0.15, -0.1) is 0 Å². The van der Waals surface area contributed by atoms with Gasteiger partial charge in [0.25, 0.3) is 0 Å². The summed E-state index contributed by atoms with van der Waals surface area (Å²) in [5, 5.41) is 3.62. The van der Waals surface area contributed by atoms with Crippen LogP contribution in [0.25, 0.3) is 0 Å². The maximum atomic E-state index is 4.93. The van der Waals surface area contributed by atoms with E-state index in [9.17, 15) is 0 Å². The molecule has 1 N–H and O–H groups in total. The van der Waals surface area contributed by atoms with Gasteiger partial charge in [-0.2, -0.15) is 0 Å². The van der Waals surface area contributed by atoms with Crippen molar-refractivity contribution >= 4 is 5.82 Å². The van der Waals surface area contributed by atoms with E-state index in [1.165, 1.54) is 36.9 Å². The molecule has 21 heavy (non-hydrogen) atoms. The standard InChI is InChI=1S/C18H29N3/c1-18(2,3)16-9-14(11-19-15-7-8-15)10-17(20-16)21(4)12-13-5-6-13/h9-10,13,15,19H,5-8,11-12H2,1-4H3. The van der Waals surface area contributed by atoms with Gasteiger partial charge in [-0.05, 0) is 49.3 Å². The van der Waals surface area contributed by atoms with Crippen molar-refractivity contribution in [3.63, 3.8) is 0 Å². The topological polar surface area (TPSA) is 28.2 Å². The maximum absolute atomic E-state index is 4.93. The minimum atomic E-state index is 0.102. The van der Waals surface area contributed by atoms with Crippen molar-refractivity contribution in [1.29, 1.82) is 0 Å². The molecule has 0 spiro atoms. The Bertz CT molecular complexity index is 496. The Morgan fingerprint density at radius 2 is 1.90 bits per heavy atom. The van der Waals surface area contributed by atoms with E-state index in [1.807, 2.05) is 0 Å². The molecule has 0 atom stereocenters. The minimum Gasteiger partial charge on any atom is -0.359 e. The highest BCUT2D eigenvalue weighted by atomic mass is 15.2. The lowest BCUT2D eigenvalue weighted by molar-refractivity contribution is 0.565. The molecule has 0 aromatic carbocycles. The number of hydrogen-bond acceptors (Lipinski definition) is 3. The molecule has 0 unspecified atom stereocenters. The Balaban J connectivity index is 1.79. The Morgan fingerprint density at radius 1 is 1.19 bits per heavy atom. The van der Waals surface area contributed by atoms with Crippen molar-refractivity contribution in [1.82, 2.24) is 10.3 Å². The van der Waals surface area contributed by atoms with E-state index in [4.69, 9.17) is 4.98 Å². The van der Waals surface area contributed by atoms with Crippen LogP contribution in [0.3, 0.4) is 0 Å². The maximum Gasteiger partial charge on any atom is 0.128 e. The van der Waals surface area contributed by atoms with Crippen LogP contribution in [0.2, 0.25) is 0 Å². The molecule has 1 heterocycles. The summed E-state index contributed by atoms with van der Waals surface area (Å²) in [7, 11) is 2.19. The first kappa shape index (κ1) is 14.8. The number of aromatic nitrogens is 1. The van der Waals surface area contributed by atoms with Crippen LogP contribution in [0, 0.1) is 5.92 Å². The monoisotopic (exact) mass is 287 g/mol. The Kier molecular flexibility index (Phi) is 3.96. The van der Waals surface area contributed by atoms with Crippen molar-refractivity contribution in [2.24, 2.45) is 5.92 Å². The predicted octanol–water partition coefficient (Wildman–Crippen LogP) is 3.48. The second kappa shape index (κ2) is 5.60. The fourth-order valence-corrected chi connectivity index (χ4v) is 2.58. The number of nitrogens with one attached hydrogen (secondary N) is 1. The van der Waals surface area contributed by atoms with Gasteiger partial charge >= 0.3 is 0 Å². The van der Waals surface area contributed by atoms with Gasteiger partial charge in [-0.1, -0.05) is 20.8 Å². The van der Waals surface area contributed by atoms with Crippen LogP contribution in [-0.2, 0) is 12.0 Å². The first-order valence-electron chi connectivity index (χ1n) is 8.38. The number of anilines is 1. The van der Waals surface area contributed by atoms with Gasteiger partial charge in [-0.3, -0.25) is 0 Å². The first-order valence-corrected chi connectivity index (χ1v) is 8.38. The van der Waals surface area contributed by atoms with Crippen LogP contribution < -0.4 is 10.2 Å². The number of rotatable bonds is 6. The van der Waals surface area contributed by atoms with E-state index >= 15 is 0 Å². The predicted molar refractivity (Wildman–Crippen MR) is 88.8 cm³/mol. The molecule has 1 aromatic rings. The molecule has 2 aliphatic rings. The Morgan fingerprint density at radius 3 is 2.48 bits per heavy atom. The zero-order valence-electron chi connectivity index (χ0n) is 13.9. The molecular formula is C18H29N3. The van der Waals surface area contributed by atoms with E-state index in [1.54, 1.807) is 0 Å². The smallest absolute Gasteiger partial charge is 0.128 e. The van der Waals surface area contributed by atoms with Crippen LogP contribution in [-0.4, -0.2) is 24.6 Å². The van der Waals surface area contributed by atoms with E-state index in [0.29, 0.717) is 0 Å². The molecule has 0 amide bonds. The molecule has 116 valence electrons. The third-order valence-corrected chi connectivity index (χ3v) is 4.43. The van der Waals surface area contributed by atoms with Crippen molar-refractivity contribution in [3.05, 3.63) is 23.4 Å². The van der Waals surface area contributed by atoms with Gasteiger partial charge in [0, 0.05) is 37.3 Å². The molecule has 0 radical (unpaired) electrons. The van der Waals surface area contributed by atoms with Gasteiger partial charge in [0.05, 0.1) is 0 Å². The zero-order chi connectivity index (χ0) is 15.0. The highest BCUT2D eigenvalue weighted by Gasteiger charge is 2.25. The van der Waals surface area contributed by atoms with Gasteiger partial charge in [0.2, 0.25) is 0 Å². The van der Waals surface area contributed by atoms with E-state index in [-0.39, 0.29) is 5.41 Å². The lowest BCUT2D eigenvalue weighted by atomic mass is 9.90. The van der Waals surface area contributed by atoms with E-state index in [2.05, 4.69) is 50.2 Å². The second-order valence-electron chi connectivity index (χ2n) is 7.95. The van der Waals surface area contributed by atoms with Crippen LogP contribution in [0.1, 0.15) is 57.7 Å². The van der Waals surface area contributed by atoms with E-state index in [0.717, 1.165) is 30.9 Å². The van der Waals surface area contributed by atoms with Crippen LogP contribution in [0.4, 0.5) is 5.82 Å². The average molecular weight is 287 g/mol. The van der Waals surface area contributed by atoms with Gasteiger partial charge in [0.1, 0.15) is 5.82 Å². The quantitative estimate of drug-likeness (QED) is 0.868. The summed E-state index contributed by atoms with van der Waals surface area (Å²) < 4.78 is 0. The summed E-state index contributed by atoms with van der Waals surface area (Å²) in [5.74, 6) is 2.03. The number of nitrogens with zero attached hydrogens (tertiary/aromatic N) is 2. The average Bonchev–Trinajstić information content (AvgIpc) is 3.29. The lowest BCUT2D eigenvalue weighted by Crippen LogP contribution is -2.24. The molecule has 3 nitrogen and oxygen atoms in total. The fourth-order valence-electron chi connectivity index (χ4n) is 2.58. The number of hydrogen-bond donors (Lipinski definition) is 1. The highest BCUT2D eigenvalue weighted by molar-refractivity contribution is 5.43. The Hall–Kier alpha value is -1.09. The van der Waals surface area contributed by atoms with E-state index < -0.39 is 0 Å². The molecule has 0 saturated heterocycles. The minimum absolute atomic E-state index is 0.102. The van der Waals surface area contributed by atoms with Crippen LogP contribution in [0.5, 0.6) is 0 Å². The van der Waals surface area contributed by atoms with Crippen LogP contribution in [0.15, 0.2) is 12.1 Å². The zero-order valence-corrected chi connectivity index (χ0v) is 13.9. The summed E-state index contributed by atoms with van der Waals surface area (Å²) in [6, 6.07) is 5.31. The van der Waals surface area contributed by atoms with Gasteiger partial charge in [-0.25, -0.2) is 4.98 Å². The van der Waals surface area contributed by atoms with Gasteiger partial charge in [0.15, 0.2) is 0 Å². The molecule has 1 aromatic heterocycles. The SMILES string of the molecule is CN(CC1CC1)c1cc(CNC2CC2)cc(C(C)(C)C)n1. The molecular weight excluding hydrogens is 258 g/mol. The summed E-state index contributed by atoms with van der Waals surface area (Å²) in [4.78, 5) is 7.27. The fraction of sp³-hybridized carbons (Fsp3) is 0.722. The third-order valence-electron chi connectivity index (χ3n) is 4.43. The molecule has 0 aliphatic heterocycles. The normalized spacial score (nSPS) is 18.9. The summed E-state index contributed by atoms with van der Waals surface area (Å²) in [6.45, 7) is 8.87. The van der Waals surface area contributed by atoms with Crippen molar-refractivity contribution in [3.8, 4) is 0 Å². The molecule has 3 heteroatoms. The van der Waals surface area contributed by atoms with Crippen molar-refractivity contribution < 1.29 is 0 Å². The molecule has 2 saturated carbocycles. The van der Waals surface area contributed by atoms with Crippen molar-refractivity contribution in [2.75, 3.05) is 18.5 Å².